The number of hydrogen-bond acceptors (Lipinski definition) is 5. The van der Waals surface area contributed by atoms with Gasteiger partial charge in [0, 0.05) is 0 Å². The molecule has 0 bridgehead atoms. The van der Waals surface area contributed by atoms with Crippen LogP contribution >= 0.6 is 23.2 Å². The SMILES string of the molecule is CC1=NN(c2ccccc2)C(=O)/C1=C/c1cc(Cl)c(OS(=O)(=O)c2ccc(C)cc2)c(Cl)c1. The fraction of sp³-hybridized carbons (Fsp3) is 0.0833. The number of carbonyl (C=O) groups is 1. The van der Waals surface area contributed by atoms with Crippen molar-refractivity contribution < 1.29 is 17.4 Å². The quantitative estimate of drug-likeness (QED) is 0.324. The largest absolute Gasteiger partial charge is 0.376 e. The normalized spacial score (nSPS) is 15.2. The molecule has 1 heterocycles. The Morgan fingerprint density at radius 1 is 0.939 bits per heavy atom. The summed E-state index contributed by atoms with van der Waals surface area (Å²) >= 11 is 12.6. The molecule has 168 valence electrons. The number of amides is 1. The number of nitrogens with zero attached hydrogens (tertiary/aromatic N) is 2. The smallest absolute Gasteiger partial charge is 0.339 e. The van der Waals surface area contributed by atoms with E-state index in [0.717, 1.165) is 5.56 Å². The van der Waals surface area contributed by atoms with Crippen LogP contribution in [0.4, 0.5) is 5.69 Å². The predicted octanol–water partition coefficient (Wildman–Crippen LogP) is 5.88. The Morgan fingerprint density at radius 3 is 2.15 bits per heavy atom. The van der Waals surface area contributed by atoms with Crippen LogP contribution in [0.15, 0.2) is 82.3 Å². The Morgan fingerprint density at radius 2 is 1.55 bits per heavy atom. The summed E-state index contributed by atoms with van der Waals surface area (Å²) in [5, 5.41) is 5.63. The molecule has 0 aromatic heterocycles. The molecule has 0 unspecified atom stereocenters. The third-order valence-electron chi connectivity index (χ3n) is 4.90. The Hall–Kier alpha value is -3.13. The van der Waals surface area contributed by atoms with Crippen molar-refractivity contribution in [2.45, 2.75) is 18.7 Å². The molecule has 3 aromatic rings. The fourth-order valence-corrected chi connectivity index (χ4v) is 4.84. The van der Waals surface area contributed by atoms with Gasteiger partial charge in [0.2, 0.25) is 0 Å². The van der Waals surface area contributed by atoms with Gasteiger partial charge in [0.05, 0.1) is 27.0 Å². The maximum atomic E-state index is 12.9. The lowest BCUT2D eigenvalue weighted by Crippen LogP contribution is -2.21. The summed E-state index contributed by atoms with van der Waals surface area (Å²) in [4.78, 5) is 12.9. The van der Waals surface area contributed by atoms with Crippen molar-refractivity contribution in [1.82, 2.24) is 0 Å². The van der Waals surface area contributed by atoms with E-state index >= 15 is 0 Å². The van der Waals surface area contributed by atoms with E-state index in [4.69, 9.17) is 27.4 Å². The van der Waals surface area contributed by atoms with E-state index in [1.807, 2.05) is 25.1 Å². The van der Waals surface area contributed by atoms with Gasteiger partial charge in [0.25, 0.3) is 5.91 Å². The van der Waals surface area contributed by atoms with Gasteiger partial charge in [-0.15, -0.1) is 0 Å². The van der Waals surface area contributed by atoms with E-state index in [1.165, 1.54) is 29.3 Å². The number of halogens is 2. The maximum absolute atomic E-state index is 12.9. The average molecular weight is 501 g/mol. The minimum Gasteiger partial charge on any atom is -0.376 e. The number of benzene rings is 3. The molecule has 3 aromatic carbocycles. The second-order valence-electron chi connectivity index (χ2n) is 7.36. The van der Waals surface area contributed by atoms with Crippen molar-refractivity contribution in [1.29, 1.82) is 0 Å². The molecular formula is C24H18Cl2N2O4S. The van der Waals surface area contributed by atoms with Crippen LogP contribution < -0.4 is 9.19 Å². The molecule has 0 radical (unpaired) electrons. The number of rotatable bonds is 5. The second-order valence-corrected chi connectivity index (χ2v) is 9.72. The Kier molecular flexibility index (Phi) is 6.30. The lowest BCUT2D eigenvalue weighted by molar-refractivity contribution is -0.114. The zero-order chi connectivity index (χ0) is 23.8. The maximum Gasteiger partial charge on any atom is 0.339 e. The summed E-state index contributed by atoms with van der Waals surface area (Å²) in [6.45, 7) is 3.57. The van der Waals surface area contributed by atoms with Gasteiger partial charge in [-0.1, -0.05) is 59.1 Å². The summed E-state index contributed by atoms with van der Waals surface area (Å²) < 4.78 is 30.5. The summed E-state index contributed by atoms with van der Waals surface area (Å²) in [5.41, 5.74) is 2.95. The number of hydrazone groups is 1. The van der Waals surface area contributed by atoms with E-state index in [1.54, 1.807) is 37.3 Å². The van der Waals surface area contributed by atoms with E-state index in [9.17, 15) is 13.2 Å². The van der Waals surface area contributed by atoms with Crippen LogP contribution in [0.2, 0.25) is 10.0 Å². The lowest BCUT2D eigenvalue weighted by atomic mass is 10.1. The van der Waals surface area contributed by atoms with Crippen LogP contribution in [0.25, 0.3) is 6.08 Å². The number of carbonyl (C=O) groups excluding carboxylic acids is 1. The highest BCUT2D eigenvalue weighted by Crippen LogP contribution is 2.37. The summed E-state index contributed by atoms with van der Waals surface area (Å²) in [6, 6.07) is 18.2. The first-order valence-corrected chi connectivity index (χ1v) is 12.0. The summed E-state index contributed by atoms with van der Waals surface area (Å²) in [6.07, 6.45) is 1.60. The molecule has 4 rings (SSSR count). The number of anilines is 1. The molecular weight excluding hydrogens is 483 g/mol. The first kappa shape index (κ1) is 23.0. The van der Waals surface area contributed by atoms with Crippen molar-refractivity contribution >= 4 is 56.7 Å². The molecule has 0 aliphatic carbocycles. The van der Waals surface area contributed by atoms with E-state index in [2.05, 4.69) is 5.10 Å². The van der Waals surface area contributed by atoms with Gasteiger partial charge in [0.1, 0.15) is 4.90 Å². The molecule has 0 N–H and O–H groups in total. The molecule has 6 nitrogen and oxygen atoms in total. The Labute approximate surface area is 201 Å². The van der Waals surface area contributed by atoms with Crippen molar-refractivity contribution in [3.8, 4) is 5.75 Å². The third-order valence-corrected chi connectivity index (χ3v) is 6.69. The second kappa shape index (κ2) is 9.02. The lowest BCUT2D eigenvalue weighted by Gasteiger charge is -2.12. The number of aryl methyl sites for hydroxylation is 1. The topological polar surface area (TPSA) is 76.0 Å². The van der Waals surface area contributed by atoms with Crippen LogP contribution in [-0.4, -0.2) is 20.0 Å². The molecule has 0 saturated heterocycles. The minimum atomic E-state index is -4.13. The molecule has 9 heteroatoms. The first-order chi connectivity index (χ1) is 15.7. The Bertz CT molecular complexity index is 1380. The fourth-order valence-electron chi connectivity index (χ4n) is 3.20. The summed E-state index contributed by atoms with van der Waals surface area (Å²) in [7, 11) is -4.13. The van der Waals surface area contributed by atoms with Gasteiger partial charge in [-0.05, 0) is 61.9 Å². The van der Waals surface area contributed by atoms with Crippen LogP contribution in [0.3, 0.4) is 0 Å². The molecule has 0 fully saturated rings. The standard InChI is InChI=1S/C24H18Cl2N2O4S/c1-15-8-10-19(11-9-15)33(30,31)32-23-21(25)13-17(14-22(23)26)12-20-16(2)27-28(24(20)29)18-6-4-3-5-7-18/h3-14H,1-2H3/b20-12+. The summed E-state index contributed by atoms with van der Waals surface area (Å²) in [5.74, 6) is -0.483. The van der Waals surface area contributed by atoms with Crippen LogP contribution in [-0.2, 0) is 14.9 Å². The number of para-hydroxylation sites is 1. The van der Waals surface area contributed by atoms with Crippen molar-refractivity contribution in [3.63, 3.8) is 0 Å². The van der Waals surface area contributed by atoms with Gasteiger partial charge in [-0.3, -0.25) is 4.79 Å². The molecule has 1 aliphatic heterocycles. The van der Waals surface area contributed by atoms with Gasteiger partial charge < -0.3 is 4.18 Å². The Balaban J connectivity index is 1.63. The van der Waals surface area contributed by atoms with Gasteiger partial charge in [-0.2, -0.15) is 18.5 Å². The van der Waals surface area contributed by atoms with E-state index < -0.39 is 10.1 Å². The average Bonchev–Trinajstić information content (AvgIpc) is 3.05. The van der Waals surface area contributed by atoms with Gasteiger partial charge >= 0.3 is 10.1 Å². The van der Waals surface area contributed by atoms with Crippen LogP contribution in [0.1, 0.15) is 18.1 Å². The first-order valence-electron chi connectivity index (χ1n) is 9.83. The van der Waals surface area contributed by atoms with E-state index in [0.29, 0.717) is 22.5 Å². The zero-order valence-corrected chi connectivity index (χ0v) is 19.9. The van der Waals surface area contributed by atoms with Crippen LogP contribution in [0, 0.1) is 6.92 Å². The molecule has 1 amide bonds. The van der Waals surface area contributed by atoms with E-state index in [-0.39, 0.29) is 26.6 Å². The van der Waals surface area contributed by atoms with Crippen molar-refractivity contribution in [3.05, 3.63) is 93.5 Å². The predicted molar refractivity (Wildman–Crippen MR) is 130 cm³/mol. The minimum absolute atomic E-state index is 0.00927. The van der Waals surface area contributed by atoms with Crippen LogP contribution in [0.5, 0.6) is 5.75 Å². The molecule has 0 spiro atoms. The zero-order valence-electron chi connectivity index (χ0n) is 17.6. The third kappa shape index (κ3) is 4.80. The monoisotopic (exact) mass is 500 g/mol. The highest BCUT2D eigenvalue weighted by molar-refractivity contribution is 7.87. The van der Waals surface area contributed by atoms with Gasteiger partial charge in [-0.25, -0.2) is 0 Å². The highest BCUT2D eigenvalue weighted by Gasteiger charge is 2.29. The molecule has 1 aliphatic rings. The molecule has 0 saturated carbocycles. The highest BCUT2D eigenvalue weighted by atomic mass is 35.5. The van der Waals surface area contributed by atoms with Crippen molar-refractivity contribution in [2.75, 3.05) is 5.01 Å². The molecule has 33 heavy (non-hydrogen) atoms. The van der Waals surface area contributed by atoms with Crippen molar-refractivity contribution in [2.24, 2.45) is 5.10 Å². The van der Waals surface area contributed by atoms with Gasteiger partial charge in [0.15, 0.2) is 5.75 Å². The molecule has 0 atom stereocenters. The number of hydrogen-bond donors (Lipinski definition) is 0.